The standard InChI is InChI=1S/C11H16N4O3/c12-7-8(14-11(18)15-9(7)16)10(17)13-6-4-2-1-3-5-6/h6H,1-5,12H2,(H,13,17)(H2,14,15,16,18). The molecule has 0 spiro atoms. The molecule has 0 saturated heterocycles. The highest BCUT2D eigenvalue weighted by atomic mass is 16.2. The number of nitrogens with two attached hydrogens (primary N) is 1. The molecule has 1 heterocycles. The molecule has 0 aromatic carbocycles. The van der Waals surface area contributed by atoms with Crippen LogP contribution in [-0.2, 0) is 0 Å². The van der Waals surface area contributed by atoms with E-state index >= 15 is 0 Å². The molecule has 0 bridgehead atoms. The molecule has 1 aromatic heterocycles. The summed E-state index contributed by atoms with van der Waals surface area (Å²) in [5, 5.41) is 2.79. The Morgan fingerprint density at radius 2 is 1.83 bits per heavy atom. The van der Waals surface area contributed by atoms with E-state index in [1.165, 1.54) is 6.42 Å². The lowest BCUT2D eigenvalue weighted by Gasteiger charge is -2.22. The van der Waals surface area contributed by atoms with Crippen LogP contribution in [0.4, 0.5) is 5.69 Å². The second kappa shape index (κ2) is 5.07. The molecule has 7 nitrogen and oxygen atoms in total. The molecule has 2 rings (SSSR count). The van der Waals surface area contributed by atoms with Crippen LogP contribution in [0.15, 0.2) is 9.59 Å². The van der Waals surface area contributed by atoms with Crippen molar-refractivity contribution in [2.24, 2.45) is 0 Å². The summed E-state index contributed by atoms with van der Waals surface area (Å²) in [6.45, 7) is 0. The highest BCUT2D eigenvalue weighted by Gasteiger charge is 2.19. The van der Waals surface area contributed by atoms with Crippen molar-refractivity contribution in [3.63, 3.8) is 0 Å². The van der Waals surface area contributed by atoms with Gasteiger partial charge in [0.05, 0.1) is 0 Å². The summed E-state index contributed by atoms with van der Waals surface area (Å²) in [5.41, 5.74) is 3.59. The fraction of sp³-hybridized carbons (Fsp3) is 0.545. The number of anilines is 1. The predicted octanol–water partition coefficient (Wildman–Crippen LogP) is -0.292. The first kappa shape index (κ1) is 12.4. The van der Waals surface area contributed by atoms with Gasteiger partial charge in [-0.25, -0.2) is 4.79 Å². The third kappa shape index (κ3) is 2.61. The first-order chi connectivity index (χ1) is 8.58. The number of hydrogen-bond acceptors (Lipinski definition) is 4. The lowest BCUT2D eigenvalue weighted by atomic mass is 9.95. The first-order valence-corrected chi connectivity index (χ1v) is 6.01. The fourth-order valence-corrected chi connectivity index (χ4v) is 2.18. The van der Waals surface area contributed by atoms with Gasteiger partial charge in [0.25, 0.3) is 11.5 Å². The zero-order chi connectivity index (χ0) is 13.1. The molecule has 7 heteroatoms. The van der Waals surface area contributed by atoms with Crippen molar-refractivity contribution in [1.82, 2.24) is 15.3 Å². The van der Waals surface area contributed by atoms with Crippen LogP contribution < -0.4 is 22.3 Å². The van der Waals surface area contributed by atoms with Crippen molar-refractivity contribution in [3.05, 3.63) is 26.5 Å². The monoisotopic (exact) mass is 252 g/mol. The van der Waals surface area contributed by atoms with E-state index in [1.807, 2.05) is 4.98 Å². The minimum atomic E-state index is -0.743. The summed E-state index contributed by atoms with van der Waals surface area (Å²) in [4.78, 5) is 38.5. The molecule has 1 amide bonds. The molecule has 1 aliphatic rings. The van der Waals surface area contributed by atoms with Gasteiger partial charge in [0.1, 0.15) is 11.4 Å². The smallest absolute Gasteiger partial charge is 0.326 e. The average Bonchev–Trinajstić information content (AvgIpc) is 2.35. The fourth-order valence-electron chi connectivity index (χ4n) is 2.18. The van der Waals surface area contributed by atoms with Gasteiger partial charge in [-0.05, 0) is 12.8 Å². The summed E-state index contributed by atoms with van der Waals surface area (Å²) in [7, 11) is 0. The van der Waals surface area contributed by atoms with E-state index in [-0.39, 0.29) is 17.4 Å². The number of rotatable bonds is 2. The Morgan fingerprint density at radius 3 is 2.50 bits per heavy atom. The number of carbonyl (C=O) groups excluding carboxylic acids is 1. The van der Waals surface area contributed by atoms with Gasteiger partial charge in [0, 0.05) is 6.04 Å². The predicted molar refractivity (Wildman–Crippen MR) is 66.4 cm³/mol. The minimum Gasteiger partial charge on any atom is -0.392 e. The largest absolute Gasteiger partial charge is 0.392 e. The summed E-state index contributed by atoms with van der Waals surface area (Å²) < 4.78 is 0. The van der Waals surface area contributed by atoms with Crippen LogP contribution in [0.2, 0.25) is 0 Å². The lowest BCUT2D eigenvalue weighted by molar-refractivity contribution is 0.0923. The average molecular weight is 252 g/mol. The molecule has 1 saturated carbocycles. The van der Waals surface area contributed by atoms with Crippen molar-refractivity contribution in [2.45, 2.75) is 38.1 Å². The number of aromatic amines is 2. The van der Waals surface area contributed by atoms with Crippen LogP contribution in [0.5, 0.6) is 0 Å². The summed E-state index contributed by atoms with van der Waals surface area (Å²) in [5.74, 6) is -0.498. The van der Waals surface area contributed by atoms with Gasteiger partial charge in [-0.3, -0.25) is 14.6 Å². The van der Waals surface area contributed by atoms with E-state index in [2.05, 4.69) is 10.3 Å². The molecule has 98 valence electrons. The van der Waals surface area contributed by atoms with E-state index < -0.39 is 17.2 Å². The maximum absolute atomic E-state index is 11.9. The van der Waals surface area contributed by atoms with Gasteiger partial charge in [-0.1, -0.05) is 19.3 Å². The van der Waals surface area contributed by atoms with Crippen LogP contribution in [0, 0.1) is 0 Å². The maximum Gasteiger partial charge on any atom is 0.326 e. The summed E-state index contributed by atoms with van der Waals surface area (Å²) in [6.07, 6.45) is 5.16. The molecular formula is C11H16N4O3. The molecule has 18 heavy (non-hydrogen) atoms. The molecular weight excluding hydrogens is 236 g/mol. The molecule has 1 aromatic rings. The molecule has 0 aliphatic heterocycles. The Labute approximate surface area is 103 Å². The highest BCUT2D eigenvalue weighted by molar-refractivity contribution is 5.96. The normalized spacial score (nSPS) is 16.4. The number of nitrogen functional groups attached to an aromatic ring is 1. The lowest BCUT2D eigenvalue weighted by Crippen LogP contribution is -2.39. The van der Waals surface area contributed by atoms with Crippen LogP contribution in [-0.4, -0.2) is 21.9 Å². The van der Waals surface area contributed by atoms with Gasteiger partial charge in [-0.2, -0.15) is 0 Å². The van der Waals surface area contributed by atoms with Crippen LogP contribution in [0.1, 0.15) is 42.6 Å². The van der Waals surface area contributed by atoms with E-state index in [0.29, 0.717) is 0 Å². The molecule has 0 atom stereocenters. The van der Waals surface area contributed by atoms with Crippen LogP contribution >= 0.6 is 0 Å². The topological polar surface area (TPSA) is 121 Å². The number of hydrogen-bond donors (Lipinski definition) is 4. The Balaban J connectivity index is 2.18. The van der Waals surface area contributed by atoms with Gasteiger partial charge in [0.2, 0.25) is 0 Å². The highest BCUT2D eigenvalue weighted by Crippen LogP contribution is 2.17. The first-order valence-electron chi connectivity index (χ1n) is 6.01. The number of carbonyl (C=O) groups is 1. The van der Waals surface area contributed by atoms with Crippen molar-refractivity contribution < 1.29 is 4.79 Å². The van der Waals surface area contributed by atoms with E-state index in [4.69, 9.17) is 5.73 Å². The van der Waals surface area contributed by atoms with Gasteiger partial charge >= 0.3 is 5.69 Å². The van der Waals surface area contributed by atoms with Crippen molar-refractivity contribution >= 4 is 11.6 Å². The molecule has 0 radical (unpaired) electrons. The van der Waals surface area contributed by atoms with Gasteiger partial charge in [-0.15, -0.1) is 0 Å². The van der Waals surface area contributed by atoms with Crippen molar-refractivity contribution in [3.8, 4) is 0 Å². The van der Waals surface area contributed by atoms with E-state index in [1.54, 1.807) is 0 Å². The molecule has 1 fully saturated rings. The second-order valence-corrected chi connectivity index (χ2v) is 4.51. The van der Waals surface area contributed by atoms with Crippen LogP contribution in [0.3, 0.4) is 0 Å². The quantitative estimate of drug-likeness (QED) is 0.577. The minimum absolute atomic E-state index is 0.0911. The third-order valence-electron chi connectivity index (χ3n) is 3.15. The number of H-pyrrole nitrogens is 2. The van der Waals surface area contributed by atoms with Gasteiger partial charge in [0.15, 0.2) is 0 Å². The zero-order valence-corrected chi connectivity index (χ0v) is 9.91. The summed E-state index contributed by atoms with van der Waals surface area (Å²) >= 11 is 0. The molecule has 0 unspecified atom stereocenters. The Bertz CT molecular complexity index is 554. The zero-order valence-electron chi connectivity index (χ0n) is 9.91. The maximum atomic E-state index is 11.9. The number of aromatic nitrogens is 2. The Hall–Kier alpha value is -2.05. The molecule has 5 N–H and O–H groups in total. The summed E-state index contributed by atoms with van der Waals surface area (Å²) in [6, 6.07) is 0.0911. The van der Waals surface area contributed by atoms with Crippen LogP contribution in [0.25, 0.3) is 0 Å². The Morgan fingerprint density at radius 1 is 1.17 bits per heavy atom. The third-order valence-corrected chi connectivity index (χ3v) is 3.15. The van der Waals surface area contributed by atoms with Crippen molar-refractivity contribution in [1.29, 1.82) is 0 Å². The van der Waals surface area contributed by atoms with E-state index in [9.17, 15) is 14.4 Å². The Kier molecular flexibility index (Phi) is 3.50. The SMILES string of the molecule is Nc1c(C(=O)NC2CCCCC2)[nH]c(=O)[nH]c1=O. The van der Waals surface area contributed by atoms with Crippen molar-refractivity contribution in [2.75, 3.05) is 5.73 Å². The number of nitrogens with one attached hydrogen (secondary N) is 3. The van der Waals surface area contributed by atoms with E-state index in [0.717, 1.165) is 25.7 Å². The second-order valence-electron chi connectivity index (χ2n) is 4.51. The molecule has 1 aliphatic carbocycles. The number of amides is 1. The van der Waals surface area contributed by atoms with Gasteiger partial charge < -0.3 is 16.0 Å².